The molecule has 2 aromatic carbocycles. The van der Waals surface area contributed by atoms with Crippen LogP contribution in [0, 0.1) is 19.7 Å². The maximum absolute atomic E-state index is 13.2. The molecule has 0 fully saturated rings. The van der Waals surface area contributed by atoms with E-state index in [9.17, 15) is 9.18 Å². The van der Waals surface area contributed by atoms with Crippen LogP contribution < -0.4 is 0 Å². The molecule has 3 aromatic rings. The molecule has 0 aliphatic rings. The summed E-state index contributed by atoms with van der Waals surface area (Å²) in [5, 5.41) is 0.749. The van der Waals surface area contributed by atoms with Crippen molar-refractivity contribution in [2.75, 3.05) is 0 Å². The van der Waals surface area contributed by atoms with Gasteiger partial charge in [0.25, 0.3) is 0 Å². The number of H-pyrrole nitrogens is 1. The lowest BCUT2D eigenvalue weighted by molar-refractivity contribution is 0.103. The van der Waals surface area contributed by atoms with Gasteiger partial charge in [-0.25, -0.2) is 4.39 Å². The molecule has 1 aromatic heterocycles. The van der Waals surface area contributed by atoms with Crippen molar-refractivity contribution in [2.45, 2.75) is 13.8 Å². The first-order valence-electron chi connectivity index (χ1n) is 6.45. The number of aromatic nitrogens is 1. The number of nitrogens with one attached hydrogen (secondary N) is 1. The molecule has 1 N–H and O–H groups in total. The second kappa shape index (κ2) is 4.60. The lowest BCUT2D eigenvalue weighted by atomic mass is 9.95. The van der Waals surface area contributed by atoms with Crippen molar-refractivity contribution in [1.29, 1.82) is 0 Å². The predicted molar refractivity (Wildman–Crippen MR) is 77.6 cm³/mol. The second-order valence-electron chi connectivity index (χ2n) is 4.99. The van der Waals surface area contributed by atoms with E-state index in [0.29, 0.717) is 11.1 Å². The summed E-state index contributed by atoms with van der Waals surface area (Å²) in [7, 11) is 0. The predicted octanol–water partition coefficient (Wildman–Crippen LogP) is 4.15. The summed E-state index contributed by atoms with van der Waals surface area (Å²) in [4.78, 5) is 15.7. The summed E-state index contributed by atoms with van der Waals surface area (Å²) in [6.45, 7) is 3.85. The van der Waals surface area contributed by atoms with E-state index in [4.69, 9.17) is 0 Å². The van der Waals surface area contributed by atoms with E-state index in [-0.39, 0.29) is 11.6 Å². The lowest BCUT2D eigenvalue weighted by Gasteiger charge is -2.07. The van der Waals surface area contributed by atoms with Crippen LogP contribution >= 0.6 is 0 Å². The SMILES string of the molecule is Cc1cccc(C)c1C(=O)c1c[nH]c2cc(F)ccc12. The molecular weight excluding hydrogens is 253 g/mol. The number of aryl methyl sites for hydroxylation is 2. The highest BCUT2D eigenvalue weighted by molar-refractivity contribution is 6.17. The molecule has 0 radical (unpaired) electrons. The number of ketones is 1. The monoisotopic (exact) mass is 267 g/mol. The molecule has 0 saturated heterocycles. The second-order valence-corrected chi connectivity index (χ2v) is 4.99. The summed E-state index contributed by atoms with van der Waals surface area (Å²) < 4.78 is 13.2. The Bertz CT molecular complexity index is 797. The molecule has 100 valence electrons. The highest BCUT2D eigenvalue weighted by Gasteiger charge is 2.17. The smallest absolute Gasteiger partial charge is 0.195 e. The van der Waals surface area contributed by atoms with E-state index in [1.165, 1.54) is 12.1 Å². The standard InChI is InChI=1S/C17H14FNO/c1-10-4-3-5-11(2)16(10)17(20)14-9-19-15-8-12(18)6-7-13(14)15/h3-9,19H,1-2H3. The Balaban J connectivity index is 2.18. The first kappa shape index (κ1) is 12.6. The van der Waals surface area contributed by atoms with Crippen LogP contribution in [0.4, 0.5) is 4.39 Å². The van der Waals surface area contributed by atoms with Crippen molar-refractivity contribution in [3.63, 3.8) is 0 Å². The van der Waals surface area contributed by atoms with Crippen molar-refractivity contribution < 1.29 is 9.18 Å². The summed E-state index contributed by atoms with van der Waals surface area (Å²) >= 11 is 0. The maximum atomic E-state index is 13.2. The van der Waals surface area contributed by atoms with Crippen LogP contribution in [0.2, 0.25) is 0 Å². The van der Waals surface area contributed by atoms with Crippen molar-refractivity contribution >= 4 is 16.7 Å². The van der Waals surface area contributed by atoms with Crippen LogP contribution in [0.15, 0.2) is 42.6 Å². The Morgan fingerprint density at radius 2 is 1.80 bits per heavy atom. The van der Waals surface area contributed by atoms with E-state index in [1.54, 1.807) is 12.3 Å². The molecule has 0 saturated carbocycles. The molecule has 3 heteroatoms. The van der Waals surface area contributed by atoms with E-state index < -0.39 is 0 Å². The van der Waals surface area contributed by atoms with Crippen LogP contribution in [-0.2, 0) is 0 Å². The highest BCUT2D eigenvalue weighted by Crippen LogP contribution is 2.24. The molecule has 0 aliphatic heterocycles. The Kier molecular flexibility index (Phi) is 2.90. The van der Waals surface area contributed by atoms with Gasteiger partial charge in [-0.05, 0) is 43.2 Å². The third kappa shape index (κ3) is 1.92. The molecule has 0 atom stereocenters. The van der Waals surface area contributed by atoms with Gasteiger partial charge in [-0.1, -0.05) is 18.2 Å². The fraction of sp³-hybridized carbons (Fsp3) is 0.118. The van der Waals surface area contributed by atoms with Gasteiger partial charge in [0.1, 0.15) is 5.82 Å². The number of hydrogen-bond donors (Lipinski definition) is 1. The number of halogens is 1. The Hall–Kier alpha value is -2.42. The zero-order chi connectivity index (χ0) is 14.3. The molecule has 0 bridgehead atoms. The van der Waals surface area contributed by atoms with Crippen LogP contribution in [0.1, 0.15) is 27.0 Å². The number of carbonyl (C=O) groups is 1. The van der Waals surface area contributed by atoms with Gasteiger partial charge in [-0.2, -0.15) is 0 Å². The van der Waals surface area contributed by atoms with Gasteiger partial charge in [-0.15, -0.1) is 0 Å². The van der Waals surface area contributed by atoms with Crippen molar-refractivity contribution in [2.24, 2.45) is 0 Å². The zero-order valence-corrected chi connectivity index (χ0v) is 11.3. The average molecular weight is 267 g/mol. The molecule has 0 amide bonds. The van der Waals surface area contributed by atoms with E-state index >= 15 is 0 Å². The van der Waals surface area contributed by atoms with Gasteiger partial charge >= 0.3 is 0 Å². The number of benzene rings is 2. The Labute approximate surface area is 116 Å². The summed E-state index contributed by atoms with van der Waals surface area (Å²) in [5.74, 6) is -0.344. The number of aromatic amines is 1. The number of carbonyl (C=O) groups excluding carboxylic acids is 1. The van der Waals surface area contributed by atoms with Gasteiger partial charge in [0.05, 0.1) is 0 Å². The first-order valence-corrected chi connectivity index (χ1v) is 6.45. The molecule has 0 unspecified atom stereocenters. The van der Waals surface area contributed by atoms with Crippen LogP contribution in [0.3, 0.4) is 0 Å². The van der Waals surface area contributed by atoms with E-state index in [0.717, 1.165) is 22.1 Å². The van der Waals surface area contributed by atoms with E-state index in [2.05, 4.69) is 4.98 Å². The van der Waals surface area contributed by atoms with Crippen molar-refractivity contribution in [3.8, 4) is 0 Å². The molecule has 20 heavy (non-hydrogen) atoms. The summed E-state index contributed by atoms with van der Waals surface area (Å²) in [5.41, 5.74) is 3.84. The van der Waals surface area contributed by atoms with Crippen LogP contribution in [0.5, 0.6) is 0 Å². The van der Waals surface area contributed by atoms with Gasteiger partial charge in [-0.3, -0.25) is 4.79 Å². The van der Waals surface area contributed by atoms with Crippen LogP contribution in [0.25, 0.3) is 10.9 Å². The minimum Gasteiger partial charge on any atom is -0.360 e. The normalized spacial score (nSPS) is 10.9. The summed E-state index contributed by atoms with van der Waals surface area (Å²) in [6.07, 6.45) is 1.65. The molecule has 2 nitrogen and oxygen atoms in total. The Morgan fingerprint density at radius 3 is 2.50 bits per heavy atom. The van der Waals surface area contributed by atoms with Crippen molar-refractivity contribution in [1.82, 2.24) is 4.98 Å². The molecular formula is C17H14FNO. The van der Waals surface area contributed by atoms with Gasteiger partial charge in [0.15, 0.2) is 5.78 Å². The first-order chi connectivity index (χ1) is 9.58. The van der Waals surface area contributed by atoms with Crippen molar-refractivity contribution in [3.05, 3.63) is 70.7 Å². The minimum absolute atomic E-state index is 0.0292. The Morgan fingerprint density at radius 1 is 1.10 bits per heavy atom. The average Bonchev–Trinajstić information content (AvgIpc) is 2.81. The topological polar surface area (TPSA) is 32.9 Å². The van der Waals surface area contributed by atoms with Crippen LogP contribution in [-0.4, -0.2) is 10.8 Å². The largest absolute Gasteiger partial charge is 0.360 e. The van der Waals surface area contributed by atoms with Gasteiger partial charge in [0, 0.05) is 28.2 Å². The van der Waals surface area contributed by atoms with Gasteiger partial charge in [0.2, 0.25) is 0 Å². The molecule has 0 aliphatic carbocycles. The maximum Gasteiger partial charge on any atom is 0.195 e. The minimum atomic E-state index is -0.314. The third-order valence-electron chi connectivity index (χ3n) is 3.60. The molecule has 1 heterocycles. The zero-order valence-electron chi connectivity index (χ0n) is 11.3. The number of hydrogen-bond acceptors (Lipinski definition) is 1. The number of fused-ring (bicyclic) bond motifs is 1. The fourth-order valence-corrected chi connectivity index (χ4v) is 2.59. The molecule has 0 spiro atoms. The quantitative estimate of drug-likeness (QED) is 0.695. The fourth-order valence-electron chi connectivity index (χ4n) is 2.59. The summed E-state index contributed by atoms with van der Waals surface area (Å²) in [6, 6.07) is 10.2. The third-order valence-corrected chi connectivity index (χ3v) is 3.60. The van der Waals surface area contributed by atoms with Gasteiger partial charge < -0.3 is 4.98 Å². The molecule has 3 rings (SSSR count). The van der Waals surface area contributed by atoms with E-state index in [1.807, 2.05) is 32.0 Å². The lowest BCUT2D eigenvalue weighted by Crippen LogP contribution is -2.05. The number of rotatable bonds is 2. The highest BCUT2D eigenvalue weighted by atomic mass is 19.1.